The fraction of sp³-hybridized carbons (Fsp3) is 0.304. The van der Waals surface area contributed by atoms with Crippen LogP contribution in [0.4, 0.5) is 11.4 Å². The molecule has 3 rings (SSSR count). The Morgan fingerprint density at radius 2 is 1.91 bits per heavy atom. The summed E-state index contributed by atoms with van der Waals surface area (Å²) in [5, 5.41) is 3.36. The number of carbonyl (C=O) groups is 3. The summed E-state index contributed by atoms with van der Waals surface area (Å²) >= 11 is 7.45. The molecule has 1 N–H and O–H groups in total. The highest BCUT2D eigenvalue weighted by Gasteiger charge is 2.38. The molecule has 0 bridgehead atoms. The van der Waals surface area contributed by atoms with Gasteiger partial charge in [-0.05, 0) is 62.7 Å². The van der Waals surface area contributed by atoms with E-state index in [0.717, 1.165) is 5.56 Å². The molecule has 2 aromatic carbocycles. The van der Waals surface area contributed by atoms with Crippen LogP contribution in [0.25, 0.3) is 0 Å². The number of thioether (sulfide) groups is 1. The number of hydrogen-bond donors (Lipinski definition) is 1. The maximum absolute atomic E-state index is 12.8. The molecule has 1 atom stereocenters. The number of aliphatic imine (C=N–C) groups is 1. The van der Waals surface area contributed by atoms with Crippen LogP contribution >= 0.6 is 23.4 Å². The number of anilines is 1. The third kappa shape index (κ3) is 5.69. The van der Waals surface area contributed by atoms with E-state index >= 15 is 0 Å². The fourth-order valence-corrected chi connectivity index (χ4v) is 4.46. The molecule has 9 heteroatoms. The van der Waals surface area contributed by atoms with E-state index < -0.39 is 11.2 Å². The van der Waals surface area contributed by atoms with Crippen molar-refractivity contribution >= 4 is 57.7 Å². The molecule has 32 heavy (non-hydrogen) atoms. The molecule has 2 aromatic rings. The lowest BCUT2D eigenvalue weighted by Crippen LogP contribution is -2.33. The number of rotatable bonds is 7. The lowest BCUT2D eigenvalue weighted by Gasteiger charge is -2.13. The number of aryl methyl sites for hydroxylation is 1. The number of ether oxygens (including phenoxy) is 1. The highest BCUT2D eigenvalue weighted by Crippen LogP contribution is 2.32. The zero-order valence-corrected chi connectivity index (χ0v) is 19.6. The maximum atomic E-state index is 12.8. The molecule has 1 unspecified atom stereocenters. The van der Waals surface area contributed by atoms with Crippen molar-refractivity contribution in [3.63, 3.8) is 0 Å². The molecular weight excluding hydrogens is 450 g/mol. The maximum Gasteiger partial charge on any atom is 0.338 e. The average Bonchev–Trinajstić information content (AvgIpc) is 3.05. The second-order valence-electron chi connectivity index (χ2n) is 7.07. The molecule has 1 aliphatic heterocycles. The lowest BCUT2D eigenvalue weighted by atomic mass is 10.2. The molecule has 168 valence electrons. The van der Waals surface area contributed by atoms with Crippen LogP contribution in [0, 0.1) is 6.92 Å². The van der Waals surface area contributed by atoms with Crippen LogP contribution in [0.2, 0.25) is 5.02 Å². The molecule has 0 spiro atoms. The van der Waals surface area contributed by atoms with Crippen molar-refractivity contribution in [1.29, 1.82) is 0 Å². The Labute approximate surface area is 196 Å². The van der Waals surface area contributed by atoms with Crippen molar-refractivity contribution in [3.8, 4) is 0 Å². The second-order valence-corrected chi connectivity index (χ2v) is 8.64. The fourth-order valence-electron chi connectivity index (χ4n) is 3.06. The van der Waals surface area contributed by atoms with E-state index in [1.807, 2.05) is 26.0 Å². The number of amides is 2. The van der Waals surface area contributed by atoms with Crippen LogP contribution in [0.15, 0.2) is 47.5 Å². The largest absolute Gasteiger partial charge is 0.462 e. The summed E-state index contributed by atoms with van der Waals surface area (Å²) < 4.78 is 4.95. The van der Waals surface area contributed by atoms with E-state index in [-0.39, 0.29) is 18.2 Å². The summed E-state index contributed by atoms with van der Waals surface area (Å²) in [6, 6.07) is 11.9. The van der Waals surface area contributed by atoms with Gasteiger partial charge in [0.25, 0.3) is 0 Å². The molecule has 7 nitrogen and oxygen atoms in total. The first-order valence-corrected chi connectivity index (χ1v) is 11.5. The molecule has 1 saturated heterocycles. The summed E-state index contributed by atoms with van der Waals surface area (Å²) in [7, 11) is 0. The van der Waals surface area contributed by atoms with Crippen molar-refractivity contribution in [2.75, 3.05) is 18.5 Å². The first-order chi connectivity index (χ1) is 15.3. The molecule has 0 aliphatic carbocycles. The number of carbonyl (C=O) groups excluding carboxylic acids is 3. The number of nitrogens with zero attached hydrogens (tertiary/aromatic N) is 2. The Hall–Kier alpha value is -2.84. The molecular formula is C23H24ClN3O4S. The zero-order valence-electron chi connectivity index (χ0n) is 18.1. The van der Waals surface area contributed by atoms with Gasteiger partial charge in [0.1, 0.15) is 5.25 Å². The number of esters is 1. The Balaban J connectivity index is 1.66. The number of amidine groups is 1. The van der Waals surface area contributed by atoms with Gasteiger partial charge >= 0.3 is 5.97 Å². The lowest BCUT2D eigenvalue weighted by molar-refractivity contribution is -0.128. The van der Waals surface area contributed by atoms with Gasteiger partial charge in [-0.1, -0.05) is 29.4 Å². The second kappa shape index (κ2) is 10.7. The van der Waals surface area contributed by atoms with Gasteiger partial charge < -0.3 is 10.1 Å². The Bertz CT molecular complexity index is 1060. The van der Waals surface area contributed by atoms with Gasteiger partial charge in [0.15, 0.2) is 5.17 Å². The summed E-state index contributed by atoms with van der Waals surface area (Å²) in [5.41, 5.74) is 2.54. The quantitative estimate of drug-likeness (QED) is 0.583. The van der Waals surface area contributed by atoms with Crippen LogP contribution in [0.1, 0.15) is 36.2 Å². The van der Waals surface area contributed by atoms with Crippen molar-refractivity contribution in [3.05, 3.63) is 58.6 Å². The molecule has 0 aromatic heterocycles. The van der Waals surface area contributed by atoms with Crippen LogP contribution in [-0.2, 0) is 14.3 Å². The predicted molar refractivity (Wildman–Crippen MR) is 128 cm³/mol. The van der Waals surface area contributed by atoms with E-state index in [1.54, 1.807) is 42.2 Å². The zero-order chi connectivity index (χ0) is 23.3. The highest BCUT2D eigenvalue weighted by molar-refractivity contribution is 8.15. The summed E-state index contributed by atoms with van der Waals surface area (Å²) in [5.74, 6) is -0.864. The molecule has 1 aliphatic rings. The molecule has 0 radical (unpaired) electrons. The van der Waals surface area contributed by atoms with Gasteiger partial charge in [0.2, 0.25) is 11.8 Å². The summed E-state index contributed by atoms with van der Waals surface area (Å²) in [4.78, 5) is 43.2. The van der Waals surface area contributed by atoms with E-state index in [1.165, 1.54) is 11.8 Å². The first kappa shape index (κ1) is 23.8. The van der Waals surface area contributed by atoms with E-state index in [0.29, 0.717) is 40.3 Å². The van der Waals surface area contributed by atoms with E-state index in [9.17, 15) is 14.4 Å². The predicted octanol–water partition coefficient (Wildman–Crippen LogP) is 4.81. The van der Waals surface area contributed by atoms with Crippen molar-refractivity contribution in [2.45, 2.75) is 32.4 Å². The van der Waals surface area contributed by atoms with Gasteiger partial charge in [0.05, 0.1) is 17.9 Å². The molecule has 1 fully saturated rings. The van der Waals surface area contributed by atoms with Gasteiger partial charge in [-0.25, -0.2) is 9.79 Å². The Morgan fingerprint density at radius 3 is 2.53 bits per heavy atom. The third-order valence-corrected chi connectivity index (χ3v) is 6.35. The average molecular weight is 474 g/mol. The Kier molecular flexibility index (Phi) is 7.93. The van der Waals surface area contributed by atoms with Crippen LogP contribution < -0.4 is 5.32 Å². The normalized spacial score (nSPS) is 17.0. The van der Waals surface area contributed by atoms with Gasteiger partial charge in [-0.15, -0.1) is 0 Å². The van der Waals surface area contributed by atoms with Gasteiger partial charge in [-0.3, -0.25) is 14.5 Å². The highest BCUT2D eigenvalue weighted by atomic mass is 35.5. The minimum Gasteiger partial charge on any atom is -0.462 e. The minimum absolute atomic E-state index is 0.00724. The van der Waals surface area contributed by atoms with Crippen LogP contribution in [-0.4, -0.2) is 46.3 Å². The van der Waals surface area contributed by atoms with Gasteiger partial charge in [0, 0.05) is 23.7 Å². The van der Waals surface area contributed by atoms with E-state index in [4.69, 9.17) is 16.3 Å². The first-order valence-electron chi connectivity index (χ1n) is 10.2. The summed E-state index contributed by atoms with van der Waals surface area (Å²) in [6.45, 7) is 6.26. The topological polar surface area (TPSA) is 88.1 Å². The van der Waals surface area contributed by atoms with Gasteiger partial charge in [-0.2, -0.15) is 0 Å². The SMILES string of the molecule is CCOC(=O)c1ccc(NC(=O)CC2SC(=Nc3ccc(C)c(Cl)c3)N(CC)C2=O)cc1. The van der Waals surface area contributed by atoms with Crippen molar-refractivity contribution < 1.29 is 19.1 Å². The third-order valence-electron chi connectivity index (χ3n) is 4.77. The number of nitrogens with one attached hydrogen (secondary N) is 1. The Morgan fingerprint density at radius 1 is 1.19 bits per heavy atom. The van der Waals surface area contributed by atoms with E-state index in [2.05, 4.69) is 10.3 Å². The van der Waals surface area contributed by atoms with Crippen molar-refractivity contribution in [1.82, 2.24) is 4.90 Å². The van der Waals surface area contributed by atoms with Crippen molar-refractivity contribution in [2.24, 2.45) is 4.99 Å². The number of hydrogen-bond acceptors (Lipinski definition) is 6. The smallest absolute Gasteiger partial charge is 0.338 e. The molecule has 2 amide bonds. The minimum atomic E-state index is -0.562. The summed E-state index contributed by atoms with van der Waals surface area (Å²) in [6.07, 6.45) is 0.00724. The van der Waals surface area contributed by atoms with Crippen LogP contribution in [0.3, 0.4) is 0 Å². The molecule has 0 saturated carbocycles. The monoisotopic (exact) mass is 473 g/mol. The van der Waals surface area contributed by atoms with Crippen LogP contribution in [0.5, 0.6) is 0 Å². The number of benzene rings is 2. The molecule has 1 heterocycles. The standard InChI is InChI=1S/C23H24ClN3O4S/c1-4-27-21(29)19(32-23(27)26-17-9-6-14(3)18(24)12-17)13-20(28)25-16-10-7-15(8-11-16)22(30)31-5-2/h6-12,19H,4-5,13H2,1-3H3,(H,25,28). The number of halogens is 1.